The zero-order valence-electron chi connectivity index (χ0n) is 17.1. The van der Waals surface area contributed by atoms with Gasteiger partial charge in [0.25, 0.3) is 0 Å². The lowest BCUT2D eigenvalue weighted by molar-refractivity contribution is -0.113. The summed E-state index contributed by atoms with van der Waals surface area (Å²) < 4.78 is 7.57. The van der Waals surface area contributed by atoms with E-state index in [9.17, 15) is 4.79 Å². The first-order chi connectivity index (χ1) is 13.4. The van der Waals surface area contributed by atoms with Crippen molar-refractivity contribution in [3.8, 4) is 0 Å². The Bertz CT molecular complexity index is 815. The number of carbonyl (C=O) groups excluding carboxylic acids is 1. The predicted molar refractivity (Wildman–Crippen MR) is 113 cm³/mol. The molecule has 1 fully saturated rings. The van der Waals surface area contributed by atoms with Crippen molar-refractivity contribution in [1.29, 1.82) is 0 Å². The van der Waals surface area contributed by atoms with Gasteiger partial charge in [-0.15, -0.1) is 10.2 Å². The molecule has 1 amide bonds. The number of rotatable bonds is 7. The monoisotopic (exact) mass is 403 g/mol. The zero-order chi connectivity index (χ0) is 20.1. The van der Waals surface area contributed by atoms with Crippen molar-refractivity contribution < 1.29 is 9.53 Å². The molecule has 2 heterocycles. The first-order valence-electron chi connectivity index (χ1n) is 9.70. The molecule has 0 radical (unpaired) electrons. The number of hydrogen-bond acceptors (Lipinski definition) is 6. The molecule has 8 heteroatoms. The lowest BCUT2D eigenvalue weighted by atomic mass is 10.1. The quantitative estimate of drug-likeness (QED) is 0.716. The summed E-state index contributed by atoms with van der Waals surface area (Å²) in [5.74, 6) is 1.59. The van der Waals surface area contributed by atoms with Crippen molar-refractivity contribution in [3.63, 3.8) is 0 Å². The Morgan fingerprint density at radius 2 is 2.00 bits per heavy atom. The summed E-state index contributed by atoms with van der Waals surface area (Å²) in [6.45, 7) is 12.2. The molecule has 1 aromatic heterocycles. The van der Waals surface area contributed by atoms with Crippen LogP contribution in [0.1, 0.15) is 25.0 Å². The fourth-order valence-electron chi connectivity index (χ4n) is 3.18. The number of nitrogens with zero attached hydrogens (tertiary/aromatic N) is 4. The van der Waals surface area contributed by atoms with E-state index in [1.165, 1.54) is 17.3 Å². The highest BCUT2D eigenvalue weighted by Gasteiger charge is 2.21. The molecule has 0 bridgehead atoms. The van der Waals surface area contributed by atoms with E-state index in [-0.39, 0.29) is 5.91 Å². The topological polar surface area (TPSA) is 72.3 Å². The molecule has 0 aliphatic carbocycles. The van der Waals surface area contributed by atoms with Crippen molar-refractivity contribution >= 4 is 29.3 Å². The maximum Gasteiger partial charge on any atom is 0.234 e. The molecule has 1 aliphatic heterocycles. The smallest absolute Gasteiger partial charge is 0.234 e. The van der Waals surface area contributed by atoms with Crippen molar-refractivity contribution in [2.75, 3.05) is 42.3 Å². The molecular formula is C20H29N5O2S. The highest BCUT2D eigenvalue weighted by Crippen LogP contribution is 2.24. The van der Waals surface area contributed by atoms with E-state index >= 15 is 0 Å². The van der Waals surface area contributed by atoms with Crippen molar-refractivity contribution in [2.45, 2.75) is 39.4 Å². The third-order valence-corrected chi connectivity index (χ3v) is 5.49. The molecular weight excluding hydrogens is 374 g/mol. The van der Waals surface area contributed by atoms with Crippen LogP contribution in [0.15, 0.2) is 23.4 Å². The number of amides is 1. The summed E-state index contributed by atoms with van der Waals surface area (Å²) in [5, 5.41) is 12.6. The Balaban J connectivity index is 1.67. The minimum atomic E-state index is -0.0380. The first kappa shape index (κ1) is 20.7. The maximum absolute atomic E-state index is 12.4. The molecule has 1 saturated heterocycles. The number of benzene rings is 1. The van der Waals surface area contributed by atoms with Gasteiger partial charge >= 0.3 is 0 Å². The minimum absolute atomic E-state index is 0.0380. The summed E-state index contributed by atoms with van der Waals surface area (Å²) in [4.78, 5) is 14.7. The van der Waals surface area contributed by atoms with Gasteiger partial charge in [0.15, 0.2) is 5.16 Å². The SMILES string of the molecule is Cc1ccc(NC(=O)CSc2nnc(N3CCOCC3)n2CC(C)C)c(C)c1. The Hall–Kier alpha value is -2.06. The van der Waals surface area contributed by atoms with Gasteiger partial charge in [0, 0.05) is 25.3 Å². The first-order valence-corrected chi connectivity index (χ1v) is 10.7. The molecule has 0 saturated carbocycles. The second-order valence-corrected chi connectivity index (χ2v) is 8.48. The standard InChI is InChI=1S/C20H29N5O2S/c1-14(2)12-25-19(24-7-9-27-10-8-24)22-23-20(25)28-13-18(26)21-17-6-5-15(3)11-16(17)4/h5-6,11,14H,7-10,12-13H2,1-4H3,(H,21,26). The Morgan fingerprint density at radius 1 is 1.25 bits per heavy atom. The van der Waals surface area contributed by atoms with Crippen molar-refractivity contribution in [3.05, 3.63) is 29.3 Å². The molecule has 0 atom stereocenters. The number of anilines is 2. The maximum atomic E-state index is 12.4. The summed E-state index contributed by atoms with van der Waals surface area (Å²) >= 11 is 1.43. The number of carbonyl (C=O) groups is 1. The third-order valence-electron chi connectivity index (χ3n) is 4.53. The second-order valence-electron chi connectivity index (χ2n) is 7.54. The van der Waals surface area contributed by atoms with Gasteiger partial charge in [0.1, 0.15) is 0 Å². The van der Waals surface area contributed by atoms with Gasteiger partial charge in [-0.25, -0.2) is 0 Å². The second kappa shape index (κ2) is 9.43. The highest BCUT2D eigenvalue weighted by molar-refractivity contribution is 7.99. The summed E-state index contributed by atoms with van der Waals surface area (Å²) in [6.07, 6.45) is 0. The molecule has 1 aromatic carbocycles. The molecule has 7 nitrogen and oxygen atoms in total. The molecule has 152 valence electrons. The number of aromatic nitrogens is 3. The van der Waals surface area contributed by atoms with Crippen LogP contribution in [-0.4, -0.2) is 52.7 Å². The highest BCUT2D eigenvalue weighted by atomic mass is 32.2. The summed E-state index contributed by atoms with van der Waals surface area (Å²) in [5.41, 5.74) is 3.10. The Kier molecular flexibility index (Phi) is 6.96. The zero-order valence-corrected chi connectivity index (χ0v) is 17.9. The lowest BCUT2D eigenvalue weighted by Gasteiger charge is -2.28. The number of hydrogen-bond donors (Lipinski definition) is 1. The minimum Gasteiger partial charge on any atom is -0.378 e. The summed E-state index contributed by atoms with van der Waals surface area (Å²) in [7, 11) is 0. The molecule has 1 N–H and O–H groups in total. The van der Waals surface area contributed by atoms with Crippen LogP contribution >= 0.6 is 11.8 Å². The van der Waals surface area contributed by atoms with Gasteiger partial charge in [-0.1, -0.05) is 43.3 Å². The normalized spacial score (nSPS) is 14.5. The van der Waals surface area contributed by atoms with Gasteiger partial charge in [0.05, 0.1) is 19.0 Å². The van der Waals surface area contributed by atoms with E-state index < -0.39 is 0 Å². The van der Waals surface area contributed by atoms with Crippen LogP contribution in [0.25, 0.3) is 0 Å². The summed E-state index contributed by atoms with van der Waals surface area (Å²) in [6, 6.07) is 6.02. The molecule has 0 spiro atoms. The van der Waals surface area contributed by atoms with Crippen LogP contribution in [0.2, 0.25) is 0 Å². The van der Waals surface area contributed by atoms with Crippen molar-refractivity contribution in [2.24, 2.45) is 5.92 Å². The molecule has 3 rings (SSSR count). The van der Waals surface area contributed by atoms with Gasteiger partial charge in [0.2, 0.25) is 11.9 Å². The fraction of sp³-hybridized carbons (Fsp3) is 0.550. The molecule has 2 aromatic rings. The average Bonchev–Trinajstić information content (AvgIpc) is 3.05. The van der Waals surface area contributed by atoms with Gasteiger partial charge in [-0.05, 0) is 31.4 Å². The molecule has 1 aliphatic rings. The van der Waals surface area contributed by atoms with Gasteiger partial charge in [-0.2, -0.15) is 0 Å². The molecule has 28 heavy (non-hydrogen) atoms. The number of thioether (sulfide) groups is 1. The number of nitrogens with one attached hydrogen (secondary N) is 1. The number of morpholine rings is 1. The fourth-order valence-corrected chi connectivity index (χ4v) is 3.92. The number of ether oxygens (including phenoxy) is 1. The largest absolute Gasteiger partial charge is 0.378 e. The van der Waals surface area contributed by atoms with E-state index in [4.69, 9.17) is 4.74 Å². The van der Waals surface area contributed by atoms with E-state index in [1.54, 1.807) is 0 Å². The third kappa shape index (κ3) is 5.26. The van der Waals surface area contributed by atoms with E-state index in [2.05, 4.69) is 44.9 Å². The van der Waals surface area contributed by atoms with Crippen LogP contribution in [0.5, 0.6) is 0 Å². The van der Waals surface area contributed by atoms with Crippen LogP contribution in [0.4, 0.5) is 11.6 Å². The Labute approximate surface area is 170 Å². The lowest BCUT2D eigenvalue weighted by Crippen LogP contribution is -2.38. The molecule has 0 unspecified atom stereocenters. The predicted octanol–water partition coefficient (Wildman–Crippen LogP) is 3.12. The van der Waals surface area contributed by atoms with Crippen molar-refractivity contribution in [1.82, 2.24) is 14.8 Å². The van der Waals surface area contributed by atoms with Crippen LogP contribution in [-0.2, 0) is 16.1 Å². The average molecular weight is 404 g/mol. The number of aryl methyl sites for hydroxylation is 2. The van der Waals surface area contributed by atoms with Crippen LogP contribution < -0.4 is 10.2 Å². The Morgan fingerprint density at radius 3 is 2.68 bits per heavy atom. The van der Waals surface area contributed by atoms with Gasteiger partial charge in [-0.3, -0.25) is 9.36 Å². The van der Waals surface area contributed by atoms with Crippen LogP contribution in [0, 0.1) is 19.8 Å². The van der Waals surface area contributed by atoms with E-state index in [1.807, 2.05) is 26.0 Å². The van der Waals surface area contributed by atoms with E-state index in [0.29, 0.717) is 24.9 Å². The van der Waals surface area contributed by atoms with Crippen LogP contribution in [0.3, 0.4) is 0 Å². The van der Waals surface area contributed by atoms with Gasteiger partial charge < -0.3 is 15.0 Å². The van der Waals surface area contributed by atoms with E-state index in [0.717, 1.165) is 42.0 Å².